The molecule has 2 aliphatic carbocycles. The topological polar surface area (TPSA) is 97.7 Å². The lowest BCUT2D eigenvalue weighted by Crippen LogP contribution is -2.44. The monoisotopic (exact) mass is 537 g/mol. The molecule has 2 aliphatic rings. The quantitative estimate of drug-likeness (QED) is 0.266. The second kappa shape index (κ2) is 10.8. The van der Waals surface area contributed by atoms with Crippen molar-refractivity contribution in [2.24, 2.45) is 0 Å². The summed E-state index contributed by atoms with van der Waals surface area (Å²) in [5, 5.41) is 16.7. The third-order valence-corrected chi connectivity index (χ3v) is 7.23. The van der Waals surface area contributed by atoms with Gasteiger partial charge in [-0.25, -0.2) is 15.0 Å². The third-order valence-electron chi connectivity index (χ3n) is 6.98. The Kier molecular flexibility index (Phi) is 6.94. The number of nitrogens with zero attached hydrogens (tertiary/aromatic N) is 5. The fourth-order valence-corrected chi connectivity index (χ4v) is 5.18. The van der Waals surface area contributed by atoms with E-state index in [9.17, 15) is 0 Å². The predicted molar refractivity (Wildman–Crippen MR) is 154 cm³/mol. The summed E-state index contributed by atoms with van der Waals surface area (Å²) in [6.07, 6.45) is 16.2. The number of ether oxygens (including phenoxy) is 1. The van der Waals surface area contributed by atoms with Crippen LogP contribution in [0.15, 0.2) is 79.2 Å². The Labute approximate surface area is 232 Å². The van der Waals surface area contributed by atoms with Gasteiger partial charge in [-0.3, -0.25) is 0 Å². The SMILES string of the molecule is CNc1nccc(-c2cccnc2OC2(Nc3nnc(-c4ccc(Cl)cc4)c4c3CCCC4)C=CC=CC2)n1. The molecule has 0 radical (unpaired) electrons. The van der Waals surface area contributed by atoms with Crippen LogP contribution in [0.4, 0.5) is 11.8 Å². The summed E-state index contributed by atoms with van der Waals surface area (Å²) in [6, 6.07) is 13.5. The Balaban J connectivity index is 1.38. The lowest BCUT2D eigenvalue weighted by atomic mass is 9.89. The summed E-state index contributed by atoms with van der Waals surface area (Å²) in [5.41, 5.74) is 4.93. The molecule has 39 heavy (non-hydrogen) atoms. The Morgan fingerprint density at radius 1 is 0.923 bits per heavy atom. The van der Waals surface area contributed by atoms with E-state index in [0.717, 1.165) is 48.3 Å². The van der Waals surface area contributed by atoms with E-state index >= 15 is 0 Å². The van der Waals surface area contributed by atoms with Crippen molar-refractivity contribution in [1.82, 2.24) is 25.1 Å². The highest BCUT2D eigenvalue weighted by Gasteiger charge is 2.34. The summed E-state index contributed by atoms with van der Waals surface area (Å²) in [6.45, 7) is 0. The lowest BCUT2D eigenvalue weighted by molar-refractivity contribution is 0.145. The molecule has 0 saturated heterocycles. The molecule has 0 amide bonds. The van der Waals surface area contributed by atoms with Gasteiger partial charge in [-0.1, -0.05) is 42.0 Å². The smallest absolute Gasteiger partial charge is 0.225 e. The van der Waals surface area contributed by atoms with Crippen molar-refractivity contribution in [1.29, 1.82) is 0 Å². The largest absolute Gasteiger partial charge is 0.446 e. The molecule has 2 N–H and O–H groups in total. The molecule has 1 aromatic carbocycles. The molecule has 6 rings (SSSR count). The zero-order valence-corrected chi connectivity index (χ0v) is 22.3. The van der Waals surface area contributed by atoms with Crippen LogP contribution in [0, 0.1) is 0 Å². The number of benzene rings is 1. The number of fused-ring (bicyclic) bond motifs is 1. The summed E-state index contributed by atoms with van der Waals surface area (Å²) < 4.78 is 6.70. The first kappa shape index (κ1) is 25.0. The van der Waals surface area contributed by atoms with E-state index in [1.54, 1.807) is 19.4 Å². The van der Waals surface area contributed by atoms with E-state index in [0.29, 0.717) is 29.0 Å². The van der Waals surface area contributed by atoms with Crippen molar-refractivity contribution in [2.45, 2.75) is 37.8 Å². The van der Waals surface area contributed by atoms with Crippen LogP contribution in [0.3, 0.4) is 0 Å². The van der Waals surface area contributed by atoms with Crippen molar-refractivity contribution in [3.8, 4) is 28.4 Å². The minimum Gasteiger partial charge on any atom is -0.446 e. The van der Waals surface area contributed by atoms with E-state index in [2.05, 4.69) is 36.8 Å². The van der Waals surface area contributed by atoms with Crippen LogP contribution in [0.1, 0.15) is 30.4 Å². The van der Waals surface area contributed by atoms with Gasteiger partial charge in [-0.2, -0.15) is 0 Å². The first-order valence-electron chi connectivity index (χ1n) is 13.1. The second-order valence-electron chi connectivity index (χ2n) is 9.55. The molecule has 0 aliphatic heterocycles. The van der Waals surface area contributed by atoms with Gasteiger partial charge in [0.15, 0.2) is 5.82 Å². The lowest BCUT2D eigenvalue weighted by Gasteiger charge is -2.34. The first-order valence-corrected chi connectivity index (χ1v) is 13.4. The third kappa shape index (κ3) is 5.20. The summed E-state index contributed by atoms with van der Waals surface area (Å²) in [5.74, 6) is 1.72. The molecule has 3 aromatic heterocycles. The van der Waals surface area contributed by atoms with E-state index in [4.69, 9.17) is 21.4 Å². The van der Waals surface area contributed by atoms with E-state index in [1.807, 2.05) is 60.7 Å². The zero-order valence-electron chi connectivity index (χ0n) is 21.6. The Bertz CT molecular complexity index is 1550. The van der Waals surface area contributed by atoms with Crippen LogP contribution in [-0.2, 0) is 12.8 Å². The van der Waals surface area contributed by atoms with Crippen LogP contribution in [0.25, 0.3) is 22.5 Å². The fraction of sp³-hybridized carbons (Fsp3) is 0.233. The van der Waals surface area contributed by atoms with Crippen molar-refractivity contribution >= 4 is 23.4 Å². The number of hydrogen-bond donors (Lipinski definition) is 2. The number of hydrogen-bond acceptors (Lipinski definition) is 8. The standard InChI is InChI=1S/C30H28ClN7O/c1-32-29-34-19-15-25(35-29)24-10-7-18-33-28(24)39-30(16-5-2-6-17-30)36-27-23-9-4-3-8-22(23)26(37-38-27)20-11-13-21(31)14-12-20/h2,5-7,10-16,18-19H,3-4,8-9,17H2,1H3,(H,36,38)(H,32,34,35). The van der Waals surface area contributed by atoms with Gasteiger partial charge in [0.25, 0.3) is 0 Å². The number of halogens is 1. The number of allylic oxidation sites excluding steroid dienone is 2. The van der Waals surface area contributed by atoms with Gasteiger partial charge in [0.1, 0.15) is 0 Å². The Hall–Kier alpha value is -4.30. The summed E-state index contributed by atoms with van der Waals surface area (Å²) in [7, 11) is 1.79. The normalized spacial score (nSPS) is 17.9. The molecule has 8 nitrogen and oxygen atoms in total. The van der Waals surface area contributed by atoms with Crippen LogP contribution in [0.5, 0.6) is 5.88 Å². The molecule has 1 atom stereocenters. The van der Waals surface area contributed by atoms with Crippen LogP contribution in [-0.4, -0.2) is 37.9 Å². The molecular weight excluding hydrogens is 510 g/mol. The van der Waals surface area contributed by atoms with Gasteiger partial charge >= 0.3 is 0 Å². The van der Waals surface area contributed by atoms with Crippen LogP contribution in [0.2, 0.25) is 5.02 Å². The van der Waals surface area contributed by atoms with Crippen LogP contribution < -0.4 is 15.4 Å². The number of anilines is 2. The number of nitrogens with one attached hydrogen (secondary N) is 2. The average molecular weight is 538 g/mol. The number of pyridine rings is 1. The highest BCUT2D eigenvalue weighted by Crippen LogP contribution is 2.37. The Morgan fingerprint density at radius 2 is 1.77 bits per heavy atom. The van der Waals surface area contributed by atoms with E-state index < -0.39 is 5.72 Å². The summed E-state index contributed by atoms with van der Waals surface area (Å²) >= 11 is 6.14. The van der Waals surface area contributed by atoms with Crippen molar-refractivity contribution < 1.29 is 4.74 Å². The van der Waals surface area contributed by atoms with Gasteiger partial charge in [0, 0.05) is 42.0 Å². The molecule has 1 unspecified atom stereocenters. The fourth-order valence-electron chi connectivity index (χ4n) is 5.05. The van der Waals surface area contributed by atoms with Gasteiger partial charge in [0.05, 0.1) is 17.0 Å². The number of rotatable bonds is 7. The second-order valence-corrected chi connectivity index (χ2v) is 9.98. The average Bonchev–Trinajstić information content (AvgIpc) is 2.99. The van der Waals surface area contributed by atoms with Crippen molar-refractivity contribution in [3.63, 3.8) is 0 Å². The number of aromatic nitrogens is 5. The molecule has 0 fully saturated rings. The predicted octanol–water partition coefficient (Wildman–Crippen LogP) is 6.27. The minimum atomic E-state index is -0.904. The van der Waals surface area contributed by atoms with Gasteiger partial charge < -0.3 is 15.4 Å². The minimum absolute atomic E-state index is 0.463. The molecule has 196 valence electrons. The maximum Gasteiger partial charge on any atom is 0.225 e. The molecule has 0 bridgehead atoms. The highest BCUT2D eigenvalue weighted by molar-refractivity contribution is 6.30. The van der Waals surface area contributed by atoms with Gasteiger partial charge in [0.2, 0.25) is 17.6 Å². The summed E-state index contributed by atoms with van der Waals surface area (Å²) in [4.78, 5) is 13.4. The van der Waals surface area contributed by atoms with Crippen LogP contribution >= 0.6 is 11.6 Å². The van der Waals surface area contributed by atoms with Gasteiger partial charge in [-0.15, -0.1) is 10.2 Å². The van der Waals surface area contributed by atoms with Crippen molar-refractivity contribution in [3.05, 3.63) is 95.3 Å². The van der Waals surface area contributed by atoms with E-state index in [1.165, 1.54) is 11.1 Å². The van der Waals surface area contributed by atoms with Crippen molar-refractivity contribution in [2.75, 3.05) is 17.7 Å². The first-order chi connectivity index (χ1) is 19.1. The molecule has 0 saturated carbocycles. The highest BCUT2D eigenvalue weighted by atomic mass is 35.5. The molecule has 3 heterocycles. The zero-order chi connectivity index (χ0) is 26.7. The molecule has 4 aromatic rings. The molecule has 9 heteroatoms. The molecular formula is C30H28ClN7O. The molecule has 0 spiro atoms. The van der Waals surface area contributed by atoms with E-state index in [-0.39, 0.29) is 0 Å². The maximum atomic E-state index is 6.70. The van der Waals surface area contributed by atoms with Gasteiger partial charge in [-0.05, 0) is 67.7 Å². The maximum absolute atomic E-state index is 6.70. The Morgan fingerprint density at radius 3 is 2.56 bits per heavy atom.